The molecule has 0 saturated heterocycles. The molecule has 4 heteroatoms. The molecule has 0 amide bonds. The van der Waals surface area contributed by atoms with Gasteiger partial charge in [-0.05, 0) is 39.0 Å². The molecule has 3 N–H and O–H groups in total. The van der Waals surface area contributed by atoms with E-state index in [1.165, 1.54) is 115 Å². The maximum absolute atomic E-state index is 9.65. The predicted octanol–water partition coefficient (Wildman–Crippen LogP) is 7.47. The van der Waals surface area contributed by atoms with Crippen LogP contribution in [0.3, 0.4) is 0 Å². The molecule has 1 atom stereocenters. The van der Waals surface area contributed by atoms with E-state index in [1.54, 1.807) is 0 Å². The quantitative estimate of drug-likeness (QED) is 0.126. The first-order chi connectivity index (χ1) is 14.6. The zero-order chi connectivity index (χ0) is 21.9. The van der Waals surface area contributed by atoms with E-state index >= 15 is 0 Å². The number of allylic oxidation sites excluding steroid dienone is 2. The summed E-state index contributed by atoms with van der Waals surface area (Å²) in [6.07, 6.45) is 30.8. The molecule has 0 bridgehead atoms. The minimum absolute atomic E-state index is 0. The summed E-state index contributed by atoms with van der Waals surface area (Å²) in [6, 6.07) is 0. The van der Waals surface area contributed by atoms with Crippen LogP contribution in [-0.2, 0) is 13.5 Å². The average Bonchev–Trinajstić information content (AvgIpc) is 3.10. The summed E-state index contributed by atoms with van der Waals surface area (Å²) in [4.78, 5) is 3.35. The van der Waals surface area contributed by atoms with Crippen molar-refractivity contribution < 1.29 is 15.1 Å². The normalized spacial score (nSPS) is 12.4. The Labute approximate surface area is 192 Å². The van der Waals surface area contributed by atoms with E-state index in [0.717, 1.165) is 12.1 Å². The molecule has 0 aliphatic rings. The third kappa shape index (κ3) is 16.2. The van der Waals surface area contributed by atoms with Crippen molar-refractivity contribution in [2.45, 2.75) is 136 Å². The maximum atomic E-state index is 9.65. The largest absolute Gasteiger partial charge is 0.870 e. The van der Waals surface area contributed by atoms with Crippen LogP contribution in [0.5, 0.6) is 0 Å². The van der Waals surface area contributed by atoms with Crippen molar-refractivity contribution in [1.82, 2.24) is 4.98 Å². The van der Waals surface area contributed by atoms with Crippen LogP contribution in [0.4, 0.5) is 0 Å². The van der Waals surface area contributed by atoms with Crippen molar-refractivity contribution in [3.8, 4) is 0 Å². The number of aliphatic hydroxyl groups is 1. The van der Waals surface area contributed by atoms with Crippen LogP contribution in [0.1, 0.15) is 141 Å². The van der Waals surface area contributed by atoms with Crippen molar-refractivity contribution in [2.24, 2.45) is 7.05 Å². The molecule has 0 aliphatic heterocycles. The monoisotopic (exact) mass is 436 g/mol. The number of hydrogen-bond donors (Lipinski definition) is 2. The van der Waals surface area contributed by atoms with Gasteiger partial charge in [0.2, 0.25) is 0 Å². The predicted molar refractivity (Wildman–Crippen MR) is 132 cm³/mol. The number of nitrogens with zero attached hydrogens (tertiary/aromatic N) is 1. The second kappa shape index (κ2) is 20.8. The number of nitrogens with one attached hydrogen (secondary N) is 1. The average molecular weight is 437 g/mol. The molecule has 182 valence electrons. The maximum Gasteiger partial charge on any atom is 0.254 e. The van der Waals surface area contributed by atoms with Crippen molar-refractivity contribution >= 4 is 0 Å². The zero-order valence-corrected chi connectivity index (χ0v) is 20.9. The molecule has 1 heterocycles. The number of aliphatic hydroxyl groups excluding tert-OH is 1. The molecule has 0 saturated carbocycles. The lowest BCUT2D eigenvalue weighted by atomic mass is 10.1. The molecule has 4 nitrogen and oxygen atoms in total. The van der Waals surface area contributed by atoms with Crippen LogP contribution in [0, 0.1) is 0 Å². The van der Waals surface area contributed by atoms with Gasteiger partial charge in [-0.3, -0.25) is 0 Å². The minimum Gasteiger partial charge on any atom is -0.870 e. The van der Waals surface area contributed by atoms with Gasteiger partial charge in [-0.2, -0.15) is 0 Å². The number of imidazole rings is 1. The standard InChI is InChI=1S/C27H50N2O.H2O/c1-4-5-6-7-8-9-10-11-12-13-14-15-16-17-18-19-20-21-22-23-27-28-26(25(2)30)24-29(27)3;/h13-14,24-25,30H,4-12,15-23H2,1-3H3;1H2. The Kier molecular flexibility index (Phi) is 20.0. The molecule has 0 radical (unpaired) electrons. The van der Waals surface area contributed by atoms with Gasteiger partial charge in [0, 0.05) is 6.42 Å². The molecule has 0 fully saturated rings. The number of H-pyrrole nitrogens is 1. The second-order valence-electron chi connectivity index (χ2n) is 9.19. The summed E-state index contributed by atoms with van der Waals surface area (Å²) in [6.45, 7) is 4.10. The fourth-order valence-corrected chi connectivity index (χ4v) is 4.10. The van der Waals surface area contributed by atoms with Crippen LogP contribution >= 0.6 is 0 Å². The Morgan fingerprint density at radius 1 is 0.806 bits per heavy atom. The molecule has 0 spiro atoms. The van der Waals surface area contributed by atoms with Gasteiger partial charge in [-0.1, -0.05) is 96.1 Å². The van der Waals surface area contributed by atoms with Gasteiger partial charge in [0.25, 0.3) is 5.82 Å². The number of aromatic amines is 1. The van der Waals surface area contributed by atoms with Crippen LogP contribution in [0.25, 0.3) is 0 Å². The van der Waals surface area contributed by atoms with Crippen LogP contribution in [0.15, 0.2) is 18.3 Å². The highest BCUT2D eigenvalue weighted by molar-refractivity contribution is 4.97. The number of hydrogen-bond acceptors (Lipinski definition) is 2. The van der Waals surface area contributed by atoms with Crippen molar-refractivity contribution in [1.29, 1.82) is 0 Å². The van der Waals surface area contributed by atoms with Gasteiger partial charge in [0.05, 0.1) is 7.05 Å². The molecule has 0 aliphatic carbocycles. The number of aryl methyl sites for hydroxylation is 2. The van der Waals surface area contributed by atoms with E-state index in [0.29, 0.717) is 0 Å². The molecule has 1 aromatic heterocycles. The highest BCUT2D eigenvalue weighted by atomic mass is 16.3. The topological polar surface area (TPSA) is 69.9 Å². The molecular formula is C27H52N2O2. The van der Waals surface area contributed by atoms with E-state index in [9.17, 15) is 5.11 Å². The van der Waals surface area contributed by atoms with Crippen LogP contribution in [-0.4, -0.2) is 15.6 Å². The van der Waals surface area contributed by atoms with E-state index in [4.69, 9.17) is 0 Å². The first-order valence-corrected chi connectivity index (χ1v) is 13.1. The summed E-state index contributed by atoms with van der Waals surface area (Å²) in [5.74, 6) is 1.23. The Hall–Kier alpha value is -1.13. The number of aromatic nitrogens is 2. The Bertz CT molecular complexity index is 537. The van der Waals surface area contributed by atoms with Gasteiger partial charge in [-0.25, -0.2) is 9.55 Å². The fourth-order valence-electron chi connectivity index (χ4n) is 4.10. The summed E-state index contributed by atoms with van der Waals surface area (Å²) >= 11 is 0. The highest BCUT2D eigenvalue weighted by Gasteiger charge is 2.15. The highest BCUT2D eigenvalue weighted by Crippen LogP contribution is 2.13. The minimum atomic E-state index is -0.412. The lowest BCUT2D eigenvalue weighted by molar-refractivity contribution is -0.678. The molecule has 31 heavy (non-hydrogen) atoms. The smallest absolute Gasteiger partial charge is 0.254 e. The Morgan fingerprint density at radius 2 is 1.26 bits per heavy atom. The number of rotatable bonds is 20. The van der Waals surface area contributed by atoms with E-state index < -0.39 is 6.10 Å². The van der Waals surface area contributed by atoms with Gasteiger partial charge >= 0.3 is 0 Å². The lowest BCUT2D eigenvalue weighted by Gasteiger charge is -2.01. The summed E-state index contributed by atoms with van der Waals surface area (Å²) < 4.78 is 2.12. The van der Waals surface area contributed by atoms with Crippen molar-refractivity contribution in [3.63, 3.8) is 0 Å². The second-order valence-corrected chi connectivity index (χ2v) is 9.19. The van der Waals surface area contributed by atoms with Crippen LogP contribution in [0.2, 0.25) is 0 Å². The molecule has 1 unspecified atom stereocenters. The molecule has 1 rings (SSSR count). The van der Waals surface area contributed by atoms with Crippen LogP contribution < -0.4 is 4.57 Å². The Balaban J connectivity index is 0.00000900. The SMILES string of the molecule is CCCCCCCCCCC=CCCCCCCCCCc1[nH]c(C(C)O)c[n+]1C.[OH-]. The summed E-state index contributed by atoms with van der Waals surface area (Å²) in [7, 11) is 2.06. The zero-order valence-electron chi connectivity index (χ0n) is 20.9. The molecule has 0 aromatic carbocycles. The van der Waals surface area contributed by atoms with Crippen molar-refractivity contribution in [3.05, 3.63) is 29.9 Å². The van der Waals surface area contributed by atoms with E-state index in [-0.39, 0.29) is 5.48 Å². The van der Waals surface area contributed by atoms with Gasteiger partial charge in [0.1, 0.15) is 12.3 Å². The van der Waals surface area contributed by atoms with Gasteiger partial charge in [0.15, 0.2) is 5.69 Å². The van der Waals surface area contributed by atoms with E-state index in [2.05, 4.69) is 35.7 Å². The first-order valence-electron chi connectivity index (χ1n) is 13.1. The first kappa shape index (κ1) is 29.9. The summed E-state index contributed by atoms with van der Waals surface area (Å²) in [5, 5.41) is 9.65. The van der Waals surface area contributed by atoms with Crippen molar-refractivity contribution in [2.75, 3.05) is 0 Å². The third-order valence-corrected chi connectivity index (χ3v) is 6.17. The van der Waals surface area contributed by atoms with Gasteiger partial charge < -0.3 is 10.6 Å². The number of unbranched alkanes of at least 4 members (excludes halogenated alkanes) is 15. The summed E-state index contributed by atoms with van der Waals surface area (Å²) in [5.41, 5.74) is 0.916. The Morgan fingerprint density at radius 3 is 1.71 bits per heavy atom. The lowest BCUT2D eigenvalue weighted by Crippen LogP contribution is -2.30. The fraction of sp³-hybridized carbons (Fsp3) is 0.815. The third-order valence-electron chi connectivity index (χ3n) is 6.17. The molecular weight excluding hydrogens is 384 g/mol. The molecule has 1 aromatic rings. The van der Waals surface area contributed by atoms with E-state index in [1.807, 2.05) is 13.1 Å². The van der Waals surface area contributed by atoms with Gasteiger partial charge in [-0.15, -0.1) is 0 Å².